The number of aromatic nitrogens is 1. The van der Waals surface area contributed by atoms with Gasteiger partial charge in [-0.1, -0.05) is 6.07 Å². The molecule has 0 bridgehead atoms. The van der Waals surface area contributed by atoms with Crippen LogP contribution in [-0.2, 0) is 16.9 Å². The van der Waals surface area contributed by atoms with Crippen LogP contribution in [0.4, 0.5) is 15.0 Å². The van der Waals surface area contributed by atoms with Crippen molar-refractivity contribution in [3.05, 3.63) is 53.0 Å². The molecule has 39 heavy (non-hydrogen) atoms. The summed E-state index contributed by atoms with van der Waals surface area (Å²) in [5.74, 6) is -0.619. The first-order valence-corrected chi connectivity index (χ1v) is 12.9. The van der Waals surface area contributed by atoms with E-state index in [2.05, 4.69) is 15.1 Å². The molecule has 11 nitrogen and oxygen atoms in total. The highest BCUT2D eigenvalue weighted by Crippen LogP contribution is 2.35. The summed E-state index contributed by atoms with van der Waals surface area (Å²) in [7, 11) is 1.31. The molecule has 0 radical (unpaired) electrons. The van der Waals surface area contributed by atoms with Crippen molar-refractivity contribution in [3.8, 4) is 5.75 Å². The van der Waals surface area contributed by atoms with Gasteiger partial charge in [-0.05, 0) is 36.6 Å². The molecule has 1 atom stereocenters. The Balaban J connectivity index is 1.29. The van der Waals surface area contributed by atoms with Gasteiger partial charge in [-0.2, -0.15) is 0 Å². The van der Waals surface area contributed by atoms with Crippen molar-refractivity contribution in [1.29, 1.82) is 0 Å². The number of carbonyl (C=O) groups is 3. The van der Waals surface area contributed by atoms with Crippen LogP contribution in [0.15, 0.2) is 34.7 Å². The molecule has 3 N–H and O–H groups in total. The summed E-state index contributed by atoms with van der Waals surface area (Å²) in [6.45, 7) is 3.39. The Kier molecular flexibility index (Phi) is 6.13. The molecular formula is C27H29FN6O5. The number of pyridine rings is 1. The molecule has 1 saturated carbocycles. The second-order valence-electron chi connectivity index (χ2n) is 10.3. The zero-order valence-electron chi connectivity index (χ0n) is 21.5. The number of nitrogens with zero attached hydrogens (tertiary/aromatic N) is 4. The summed E-state index contributed by atoms with van der Waals surface area (Å²) in [5.41, 5.74) is 4.84. The molecule has 3 aromatic rings. The van der Waals surface area contributed by atoms with Gasteiger partial charge < -0.3 is 34.8 Å². The maximum absolute atomic E-state index is 14.9. The number of methoxy groups -OCH3 is 1. The molecule has 204 valence electrons. The van der Waals surface area contributed by atoms with E-state index in [-0.39, 0.29) is 30.2 Å². The number of hydrogen-bond donors (Lipinski definition) is 2. The summed E-state index contributed by atoms with van der Waals surface area (Å²) >= 11 is 0. The lowest BCUT2D eigenvalue weighted by Crippen LogP contribution is -2.55. The van der Waals surface area contributed by atoms with E-state index in [1.54, 1.807) is 18.2 Å². The van der Waals surface area contributed by atoms with Crippen LogP contribution in [0.1, 0.15) is 34.5 Å². The molecule has 0 unspecified atom stereocenters. The predicted molar refractivity (Wildman–Crippen MR) is 139 cm³/mol. The first-order chi connectivity index (χ1) is 18.8. The summed E-state index contributed by atoms with van der Waals surface area (Å²) in [5, 5.41) is 2.45. The Hall–Kier alpha value is -4.19. The van der Waals surface area contributed by atoms with Crippen molar-refractivity contribution < 1.29 is 27.9 Å². The molecule has 1 aliphatic carbocycles. The van der Waals surface area contributed by atoms with E-state index in [0.717, 1.165) is 38.0 Å². The number of nitrogens with one attached hydrogen (secondary N) is 1. The molecule has 2 aliphatic heterocycles. The van der Waals surface area contributed by atoms with Gasteiger partial charge in [0.2, 0.25) is 0 Å². The minimum absolute atomic E-state index is 0.0283. The second-order valence-corrected chi connectivity index (χ2v) is 10.3. The van der Waals surface area contributed by atoms with E-state index in [4.69, 9.17) is 19.9 Å². The second kappa shape index (κ2) is 9.53. The number of primary amides is 1. The smallest absolute Gasteiger partial charge is 0.313 e. The number of aldehydes is 1. The molecule has 1 saturated heterocycles. The van der Waals surface area contributed by atoms with Gasteiger partial charge in [0.1, 0.15) is 17.1 Å². The number of benzene rings is 1. The summed E-state index contributed by atoms with van der Waals surface area (Å²) in [4.78, 5) is 48.5. The average Bonchev–Trinajstić information content (AvgIpc) is 3.61. The number of rotatable bonds is 8. The van der Waals surface area contributed by atoms with Crippen LogP contribution < -0.4 is 20.7 Å². The van der Waals surface area contributed by atoms with Gasteiger partial charge in [-0.25, -0.2) is 14.2 Å². The number of ether oxygens (including phenoxy) is 1. The lowest BCUT2D eigenvalue weighted by atomic mass is 9.97. The minimum atomic E-state index is -1.82. The van der Waals surface area contributed by atoms with Crippen molar-refractivity contribution in [2.75, 3.05) is 44.7 Å². The number of furan rings is 1. The number of urea groups is 1. The largest absolute Gasteiger partial charge is 0.494 e. The van der Waals surface area contributed by atoms with E-state index in [1.165, 1.54) is 30.9 Å². The monoisotopic (exact) mass is 536 g/mol. The van der Waals surface area contributed by atoms with E-state index in [0.29, 0.717) is 22.9 Å². The summed E-state index contributed by atoms with van der Waals surface area (Å²) in [6.07, 6.45) is 3.02. The van der Waals surface area contributed by atoms with E-state index in [9.17, 15) is 18.8 Å². The third kappa shape index (κ3) is 4.44. The molecular weight excluding hydrogens is 507 g/mol. The topological polar surface area (TPSA) is 134 Å². The molecule has 4 heterocycles. The molecule has 12 heteroatoms. The third-order valence-corrected chi connectivity index (χ3v) is 7.76. The summed E-state index contributed by atoms with van der Waals surface area (Å²) in [6, 6.07) is 7.98. The fourth-order valence-corrected chi connectivity index (χ4v) is 5.57. The number of piperazine rings is 1. The van der Waals surface area contributed by atoms with Crippen LogP contribution in [0.5, 0.6) is 5.75 Å². The Morgan fingerprint density at radius 2 is 2.03 bits per heavy atom. The van der Waals surface area contributed by atoms with E-state index in [1.807, 2.05) is 6.07 Å². The summed E-state index contributed by atoms with van der Waals surface area (Å²) < 4.78 is 25.9. The van der Waals surface area contributed by atoms with Crippen LogP contribution >= 0.6 is 0 Å². The quantitative estimate of drug-likeness (QED) is 0.418. The number of carbonyl (C=O) groups excluding carboxylic acids is 3. The lowest BCUT2D eigenvalue weighted by Gasteiger charge is -2.35. The first-order valence-electron chi connectivity index (χ1n) is 12.9. The van der Waals surface area contributed by atoms with Gasteiger partial charge >= 0.3 is 6.03 Å². The molecule has 3 amide bonds. The Labute approximate surface area is 223 Å². The zero-order valence-corrected chi connectivity index (χ0v) is 21.5. The van der Waals surface area contributed by atoms with Crippen LogP contribution in [0, 0.1) is 5.82 Å². The Morgan fingerprint density at radius 3 is 2.69 bits per heavy atom. The van der Waals surface area contributed by atoms with Crippen molar-refractivity contribution in [1.82, 2.24) is 20.1 Å². The molecule has 1 aromatic carbocycles. The standard InChI is InChI=1S/C27H29FN6O5/c1-38-20-5-2-16-13-34(25(36)23(16)24(20)28)14-27(15-35,31-26(29)37)21-12-18-19(39-21)6-7-22(30-18)33-10-8-32(9-11-33)17-3-4-17/h2,5-7,12,15,17H,3-4,8-11,13-14H2,1H3,(H3,29,31,37)/t27-/m1/s1. The molecule has 6 rings (SSSR count). The van der Waals surface area contributed by atoms with Crippen molar-refractivity contribution in [2.45, 2.75) is 31.0 Å². The minimum Gasteiger partial charge on any atom is -0.494 e. The zero-order chi connectivity index (χ0) is 27.3. The number of nitrogens with two attached hydrogens (primary N) is 1. The van der Waals surface area contributed by atoms with Crippen LogP contribution in [-0.4, -0.2) is 78.9 Å². The van der Waals surface area contributed by atoms with Gasteiger partial charge in [0.25, 0.3) is 5.91 Å². The van der Waals surface area contributed by atoms with Crippen molar-refractivity contribution >= 4 is 35.1 Å². The van der Waals surface area contributed by atoms with E-state index < -0.39 is 23.3 Å². The fourth-order valence-electron chi connectivity index (χ4n) is 5.57. The Morgan fingerprint density at radius 1 is 1.26 bits per heavy atom. The van der Waals surface area contributed by atoms with Crippen LogP contribution in [0.3, 0.4) is 0 Å². The van der Waals surface area contributed by atoms with Crippen molar-refractivity contribution in [2.24, 2.45) is 5.73 Å². The number of halogens is 1. The Bertz CT molecular complexity index is 1460. The SMILES string of the molecule is COc1ccc2c(c1F)C(=O)N(C[C@](C=O)(NC(N)=O)c1cc3nc(N4CCN(C5CC5)CC4)ccc3o1)C2. The predicted octanol–water partition coefficient (Wildman–Crippen LogP) is 1.98. The average molecular weight is 537 g/mol. The highest BCUT2D eigenvalue weighted by Gasteiger charge is 2.43. The van der Waals surface area contributed by atoms with Gasteiger partial charge in [0.15, 0.2) is 29.0 Å². The normalized spacial score (nSPS) is 19.2. The first kappa shape index (κ1) is 25.1. The lowest BCUT2D eigenvalue weighted by molar-refractivity contribution is -0.114. The molecule has 3 aliphatic rings. The molecule has 0 spiro atoms. The number of hydrogen-bond acceptors (Lipinski definition) is 8. The molecule has 2 fully saturated rings. The van der Waals surface area contributed by atoms with E-state index >= 15 is 0 Å². The van der Waals surface area contributed by atoms with Gasteiger partial charge in [-0.3, -0.25) is 9.69 Å². The van der Waals surface area contributed by atoms with Crippen LogP contribution in [0.25, 0.3) is 11.1 Å². The maximum atomic E-state index is 14.9. The van der Waals surface area contributed by atoms with Crippen molar-refractivity contribution in [3.63, 3.8) is 0 Å². The van der Waals surface area contributed by atoms with Crippen LogP contribution in [0.2, 0.25) is 0 Å². The maximum Gasteiger partial charge on any atom is 0.313 e. The highest BCUT2D eigenvalue weighted by atomic mass is 19.1. The third-order valence-electron chi connectivity index (χ3n) is 7.76. The number of amides is 3. The highest BCUT2D eigenvalue weighted by molar-refractivity contribution is 5.99. The number of fused-ring (bicyclic) bond motifs is 2. The molecule has 2 aromatic heterocycles. The van der Waals surface area contributed by atoms with Gasteiger partial charge in [-0.15, -0.1) is 0 Å². The fraction of sp³-hybridized carbons (Fsp3) is 0.407. The van der Waals surface area contributed by atoms with Gasteiger partial charge in [0, 0.05) is 44.8 Å². The van der Waals surface area contributed by atoms with Gasteiger partial charge in [0.05, 0.1) is 19.2 Å². The number of anilines is 1.